The Hall–Kier alpha value is -1.27. The highest BCUT2D eigenvalue weighted by Crippen LogP contribution is 1.64. The topological polar surface area (TPSA) is 41.1 Å². The average molecular weight is 166 g/mol. The van der Waals surface area contributed by atoms with Gasteiger partial charge < -0.3 is 10.6 Å². The quantitative estimate of drug-likeness (QED) is 0.340. The van der Waals surface area contributed by atoms with Crippen molar-refractivity contribution in [3.05, 3.63) is 12.7 Å². The predicted octanol–water partition coefficient (Wildman–Crippen LogP) is -0.0985. The van der Waals surface area contributed by atoms with E-state index in [2.05, 4.69) is 29.1 Å². The Kier molecular flexibility index (Phi) is 7.00. The van der Waals surface area contributed by atoms with Crippen molar-refractivity contribution < 1.29 is 4.79 Å². The molecule has 0 bridgehead atoms. The molecule has 0 aliphatic carbocycles. The van der Waals surface area contributed by atoms with Crippen molar-refractivity contribution in [1.29, 1.82) is 0 Å². The highest BCUT2D eigenvalue weighted by atomic mass is 16.1. The van der Waals surface area contributed by atoms with Gasteiger partial charge in [0.25, 0.3) is 0 Å². The van der Waals surface area contributed by atoms with Crippen LogP contribution in [-0.4, -0.2) is 25.5 Å². The van der Waals surface area contributed by atoms with Crippen molar-refractivity contribution >= 4 is 5.91 Å². The van der Waals surface area contributed by atoms with Gasteiger partial charge in [-0.25, -0.2) is 0 Å². The van der Waals surface area contributed by atoms with E-state index in [4.69, 9.17) is 0 Å². The van der Waals surface area contributed by atoms with E-state index in [-0.39, 0.29) is 5.91 Å². The molecule has 0 aliphatic rings. The van der Waals surface area contributed by atoms with Crippen LogP contribution in [0, 0.1) is 11.8 Å². The van der Waals surface area contributed by atoms with Gasteiger partial charge in [0, 0.05) is 6.54 Å². The maximum Gasteiger partial charge on any atom is 0.234 e. The first-order valence-electron chi connectivity index (χ1n) is 3.79. The monoisotopic (exact) mass is 166 g/mol. The molecule has 0 heterocycles. The highest BCUT2D eigenvalue weighted by Gasteiger charge is 1.95. The lowest BCUT2D eigenvalue weighted by molar-refractivity contribution is -0.119. The molecule has 0 radical (unpaired) electrons. The van der Waals surface area contributed by atoms with Gasteiger partial charge in [-0.15, -0.1) is 12.5 Å². The van der Waals surface area contributed by atoms with E-state index in [1.165, 1.54) is 0 Å². The normalized spacial score (nSPS) is 8.08. The molecule has 3 heteroatoms. The zero-order chi connectivity index (χ0) is 9.23. The molecule has 12 heavy (non-hydrogen) atoms. The molecule has 0 unspecified atom stereocenters. The summed E-state index contributed by atoms with van der Waals surface area (Å²) in [5.74, 6) is 5.39. The molecule has 2 N–H and O–H groups in total. The Balaban J connectivity index is 3.31. The summed E-state index contributed by atoms with van der Waals surface area (Å²) < 4.78 is 0. The second-order valence-electron chi connectivity index (χ2n) is 2.12. The third-order valence-electron chi connectivity index (χ3n) is 1.12. The van der Waals surface area contributed by atoms with Gasteiger partial charge >= 0.3 is 0 Å². The molecule has 0 aliphatic heterocycles. The lowest BCUT2D eigenvalue weighted by Crippen LogP contribution is -2.34. The molecule has 0 aromatic heterocycles. The van der Waals surface area contributed by atoms with Crippen LogP contribution in [-0.2, 0) is 4.79 Å². The van der Waals surface area contributed by atoms with Gasteiger partial charge in [0.1, 0.15) is 0 Å². The van der Waals surface area contributed by atoms with Gasteiger partial charge in [-0.2, -0.15) is 0 Å². The fourth-order valence-corrected chi connectivity index (χ4v) is 0.581. The summed E-state index contributed by atoms with van der Waals surface area (Å²) in [4.78, 5) is 10.9. The summed E-state index contributed by atoms with van der Waals surface area (Å²) in [6.45, 7) is 6.64. The van der Waals surface area contributed by atoms with Gasteiger partial charge in [0.05, 0.1) is 13.1 Å². The molecule has 3 nitrogen and oxygen atoms in total. The van der Waals surface area contributed by atoms with E-state index in [0.29, 0.717) is 19.6 Å². The third-order valence-corrected chi connectivity index (χ3v) is 1.12. The number of carbonyl (C=O) groups excluding carboxylic acids is 1. The first-order valence-corrected chi connectivity index (χ1v) is 3.79. The summed E-state index contributed by atoms with van der Waals surface area (Å²) in [6, 6.07) is 0. The van der Waals surface area contributed by atoms with Gasteiger partial charge in [-0.05, 0) is 6.92 Å². The number of hydrogen-bond donors (Lipinski definition) is 2. The summed E-state index contributed by atoms with van der Waals surface area (Å²) in [6.07, 6.45) is 1.71. The van der Waals surface area contributed by atoms with Crippen LogP contribution in [0.2, 0.25) is 0 Å². The zero-order valence-electron chi connectivity index (χ0n) is 7.31. The largest absolute Gasteiger partial charge is 0.344 e. The molecule has 0 aromatic carbocycles. The molecule has 0 atom stereocenters. The Morgan fingerprint density at radius 3 is 3.00 bits per heavy atom. The van der Waals surface area contributed by atoms with Crippen LogP contribution in [0.1, 0.15) is 6.92 Å². The number of nitrogens with one attached hydrogen (secondary N) is 2. The lowest BCUT2D eigenvalue weighted by Gasteiger charge is -2.00. The predicted molar refractivity (Wildman–Crippen MR) is 49.5 cm³/mol. The molecular weight excluding hydrogens is 152 g/mol. The average Bonchev–Trinajstić information content (AvgIpc) is 2.06. The van der Waals surface area contributed by atoms with Crippen LogP contribution in [0.25, 0.3) is 0 Å². The molecule has 1 amide bonds. The van der Waals surface area contributed by atoms with Crippen molar-refractivity contribution in [2.24, 2.45) is 0 Å². The van der Waals surface area contributed by atoms with Crippen LogP contribution in [0.5, 0.6) is 0 Å². The van der Waals surface area contributed by atoms with Crippen molar-refractivity contribution in [1.82, 2.24) is 10.6 Å². The van der Waals surface area contributed by atoms with Crippen LogP contribution in [0.3, 0.4) is 0 Å². The summed E-state index contributed by atoms with van der Waals surface area (Å²) in [5, 5.41) is 5.52. The summed E-state index contributed by atoms with van der Waals surface area (Å²) in [5.41, 5.74) is 0. The molecule has 0 rings (SSSR count). The fraction of sp³-hybridized carbons (Fsp3) is 0.444. The van der Waals surface area contributed by atoms with Crippen molar-refractivity contribution in [2.45, 2.75) is 6.92 Å². The Morgan fingerprint density at radius 1 is 1.67 bits per heavy atom. The van der Waals surface area contributed by atoms with E-state index in [0.717, 1.165) is 0 Å². The standard InChI is InChI=1S/C9H14N2O/c1-3-5-7-11-9(12)8-10-6-4-2/h4,10H,2,6-8H2,1H3,(H,11,12). The number of rotatable bonds is 5. The van der Waals surface area contributed by atoms with E-state index < -0.39 is 0 Å². The van der Waals surface area contributed by atoms with Crippen molar-refractivity contribution in [3.63, 3.8) is 0 Å². The van der Waals surface area contributed by atoms with Gasteiger partial charge in [-0.3, -0.25) is 4.79 Å². The van der Waals surface area contributed by atoms with Crippen LogP contribution in [0.4, 0.5) is 0 Å². The molecule has 0 fully saturated rings. The molecule has 0 saturated heterocycles. The van der Waals surface area contributed by atoms with Gasteiger partial charge in [0.2, 0.25) is 5.91 Å². The van der Waals surface area contributed by atoms with Crippen molar-refractivity contribution in [2.75, 3.05) is 19.6 Å². The first-order chi connectivity index (χ1) is 5.81. The summed E-state index contributed by atoms with van der Waals surface area (Å²) >= 11 is 0. The van der Waals surface area contributed by atoms with Gasteiger partial charge in [0.15, 0.2) is 0 Å². The zero-order valence-corrected chi connectivity index (χ0v) is 7.31. The number of carbonyl (C=O) groups is 1. The van der Waals surface area contributed by atoms with Crippen LogP contribution < -0.4 is 10.6 Å². The number of amides is 1. The smallest absolute Gasteiger partial charge is 0.234 e. The Morgan fingerprint density at radius 2 is 2.42 bits per heavy atom. The fourth-order valence-electron chi connectivity index (χ4n) is 0.581. The minimum Gasteiger partial charge on any atom is -0.344 e. The minimum atomic E-state index is -0.0420. The second-order valence-corrected chi connectivity index (χ2v) is 2.12. The maximum atomic E-state index is 10.9. The van der Waals surface area contributed by atoms with Crippen LogP contribution in [0.15, 0.2) is 12.7 Å². The first kappa shape index (κ1) is 10.7. The van der Waals surface area contributed by atoms with E-state index >= 15 is 0 Å². The van der Waals surface area contributed by atoms with E-state index in [1.54, 1.807) is 13.0 Å². The molecule has 0 spiro atoms. The Bertz CT molecular complexity index is 200. The molecule has 66 valence electrons. The van der Waals surface area contributed by atoms with E-state index in [9.17, 15) is 4.79 Å². The molecular formula is C9H14N2O. The maximum absolute atomic E-state index is 10.9. The van der Waals surface area contributed by atoms with E-state index in [1.807, 2.05) is 0 Å². The minimum absolute atomic E-state index is 0.0420. The summed E-state index contributed by atoms with van der Waals surface area (Å²) in [7, 11) is 0. The second kappa shape index (κ2) is 7.83. The van der Waals surface area contributed by atoms with Crippen LogP contribution >= 0.6 is 0 Å². The van der Waals surface area contributed by atoms with Crippen molar-refractivity contribution in [3.8, 4) is 11.8 Å². The Labute approximate surface area is 73.2 Å². The molecule has 0 saturated carbocycles. The number of hydrogen-bond acceptors (Lipinski definition) is 2. The third kappa shape index (κ3) is 6.84. The van der Waals surface area contributed by atoms with Gasteiger partial charge in [-0.1, -0.05) is 12.0 Å². The lowest BCUT2D eigenvalue weighted by atomic mass is 10.5. The SMILES string of the molecule is C=CCNCC(=O)NCC#CC. The molecule has 0 aromatic rings. The highest BCUT2D eigenvalue weighted by molar-refractivity contribution is 5.78.